The third-order valence-corrected chi connectivity index (χ3v) is 3.92. The van der Waals surface area contributed by atoms with Crippen molar-refractivity contribution >= 4 is 34.2 Å². The SMILES string of the molecule is Cc1cc(Cl)c(NC(=O)NC[C@@H](C)C[C@@H](C)O)c2cccnc12. The number of amides is 2. The minimum atomic E-state index is -0.378. The fourth-order valence-electron chi connectivity index (χ4n) is 2.60. The number of aliphatic hydroxyl groups is 1. The minimum absolute atomic E-state index is 0.188. The molecule has 2 amide bonds. The first-order chi connectivity index (χ1) is 10.9. The van der Waals surface area contributed by atoms with Crippen LogP contribution in [0.25, 0.3) is 10.9 Å². The summed E-state index contributed by atoms with van der Waals surface area (Å²) < 4.78 is 0. The van der Waals surface area contributed by atoms with E-state index in [0.29, 0.717) is 23.7 Å². The van der Waals surface area contributed by atoms with Gasteiger partial charge in [-0.1, -0.05) is 18.5 Å². The van der Waals surface area contributed by atoms with E-state index in [1.54, 1.807) is 19.2 Å². The number of urea groups is 1. The van der Waals surface area contributed by atoms with Crippen molar-refractivity contribution in [2.75, 3.05) is 11.9 Å². The van der Waals surface area contributed by atoms with Crippen LogP contribution in [0.1, 0.15) is 25.8 Å². The van der Waals surface area contributed by atoms with Gasteiger partial charge in [0.25, 0.3) is 0 Å². The monoisotopic (exact) mass is 335 g/mol. The summed E-state index contributed by atoms with van der Waals surface area (Å²) in [6, 6.07) is 5.17. The summed E-state index contributed by atoms with van der Waals surface area (Å²) in [5.41, 5.74) is 2.33. The molecule has 2 rings (SSSR count). The van der Waals surface area contributed by atoms with Gasteiger partial charge in [-0.2, -0.15) is 0 Å². The summed E-state index contributed by atoms with van der Waals surface area (Å²) in [7, 11) is 0. The van der Waals surface area contributed by atoms with Crippen molar-refractivity contribution in [1.82, 2.24) is 10.3 Å². The Morgan fingerprint density at radius 2 is 2.17 bits per heavy atom. The molecular weight excluding hydrogens is 314 g/mol. The van der Waals surface area contributed by atoms with E-state index >= 15 is 0 Å². The third-order valence-electron chi connectivity index (χ3n) is 3.63. The highest BCUT2D eigenvalue weighted by atomic mass is 35.5. The number of benzene rings is 1. The maximum atomic E-state index is 12.1. The predicted octanol–water partition coefficient (Wildman–Crippen LogP) is 3.73. The second kappa shape index (κ2) is 7.62. The molecule has 0 aliphatic heterocycles. The summed E-state index contributed by atoms with van der Waals surface area (Å²) in [6.45, 7) is 6.13. The number of rotatable bonds is 5. The standard InChI is InChI=1S/C17H22ClN3O2/c1-10(7-12(3)22)9-20-17(23)21-16-13-5-4-6-19-15(13)11(2)8-14(16)18/h4-6,8,10,12,22H,7,9H2,1-3H3,(H2,20,21,23)/t10-,12+/m0/s1. The van der Waals surface area contributed by atoms with Crippen molar-refractivity contribution < 1.29 is 9.90 Å². The van der Waals surface area contributed by atoms with E-state index in [0.717, 1.165) is 16.5 Å². The number of anilines is 1. The van der Waals surface area contributed by atoms with Crippen molar-refractivity contribution in [3.05, 3.63) is 35.0 Å². The second-order valence-corrected chi connectivity index (χ2v) is 6.38. The van der Waals surface area contributed by atoms with Crippen LogP contribution in [0.15, 0.2) is 24.4 Å². The molecule has 3 N–H and O–H groups in total. The van der Waals surface area contributed by atoms with E-state index in [-0.39, 0.29) is 18.1 Å². The molecule has 6 heteroatoms. The molecule has 23 heavy (non-hydrogen) atoms. The van der Waals surface area contributed by atoms with Gasteiger partial charge in [-0.05, 0) is 49.9 Å². The van der Waals surface area contributed by atoms with Crippen LogP contribution in [0.5, 0.6) is 0 Å². The van der Waals surface area contributed by atoms with Crippen LogP contribution in [-0.4, -0.2) is 28.8 Å². The first kappa shape index (κ1) is 17.5. The van der Waals surface area contributed by atoms with E-state index in [4.69, 9.17) is 11.6 Å². The summed E-state index contributed by atoms with van der Waals surface area (Å²) >= 11 is 6.28. The number of aryl methyl sites for hydroxylation is 1. The first-order valence-corrected chi connectivity index (χ1v) is 8.03. The molecule has 0 unspecified atom stereocenters. The summed E-state index contributed by atoms with van der Waals surface area (Å²) in [5.74, 6) is 0.188. The smallest absolute Gasteiger partial charge is 0.319 e. The molecule has 1 aromatic heterocycles. The normalized spacial score (nSPS) is 13.6. The lowest BCUT2D eigenvalue weighted by molar-refractivity contribution is 0.163. The van der Waals surface area contributed by atoms with Gasteiger partial charge in [0.05, 0.1) is 22.3 Å². The van der Waals surface area contributed by atoms with Crippen molar-refractivity contribution in [3.63, 3.8) is 0 Å². The molecule has 2 aromatic rings. The van der Waals surface area contributed by atoms with Gasteiger partial charge in [0.2, 0.25) is 0 Å². The topological polar surface area (TPSA) is 74.2 Å². The largest absolute Gasteiger partial charge is 0.393 e. The van der Waals surface area contributed by atoms with Gasteiger partial charge >= 0.3 is 6.03 Å². The van der Waals surface area contributed by atoms with Gasteiger partial charge in [-0.25, -0.2) is 4.79 Å². The molecule has 0 radical (unpaired) electrons. The van der Waals surface area contributed by atoms with E-state index in [1.807, 2.05) is 26.0 Å². The van der Waals surface area contributed by atoms with Gasteiger partial charge < -0.3 is 15.7 Å². The highest BCUT2D eigenvalue weighted by Gasteiger charge is 2.13. The van der Waals surface area contributed by atoms with Crippen LogP contribution in [0.2, 0.25) is 5.02 Å². The number of fused-ring (bicyclic) bond motifs is 1. The lowest BCUT2D eigenvalue weighted by Gasteiger charge is -2.16. The van der Waals surface area contributed by atoms with E-state index in [9.17, 15) is 9.90 Å². The van der Waals surface area contributed by atoms with Gasteiger partial charge in [0, 0.05) is 18.1 Å². The molecule has 0 fully saturated rings. The fourth-order valence-corrected chi connectivity index (χ4v) is 2.91. The van der Waals surface area contributed by atoms with Gasteiger partial charge in [-0.15, -0.1) is 0 Å². The van der Waals surface area contributed by atoms with Gasteiger partial charge in [-0.3, -0.25) is 4.98 Å². The number of pyridine rings is 1. The van der Waals surface area contributed by atoms with E-state index < -0.39 is 0 Å². The molecule has 1 heterocycles. The summed E-state index contributed by atoms with van der Waals surface area (Å²) in [4.78, 5) is 16.5. The Morgan fingerprint density at radius 1 is 1.43 bits per heavy atom. The third kappa shape index (κ3) is 4.56. The van der Waals surface area contributed by atoms with Crippen molar-refractivity contribution in [3.8, 4) is 0 Å². The Labute approximate surface area is 141 Å². The predicted molar refractivity (Wildman–Crippen MR) is 94.0 cm³/mol. The molecule has 2 atom stereocenters. The molecule has 1 aromatic carbocycles. The maximum Gasteiger partial charge on any atom is 0.319 e. The zero-order valence-electron chi connectivity index (χ0n) is 13.6. The highest BCUT2D eigenvalue weighted by Crippen LogP contribution is 2.32. The van der Waals surface area contributed by atoms with Crippen LogP contribution in [0, 0.1) is 12.8 Å². The lowest BCUT2D eigenvalue weighted by atomic mass is 10.1. The molecule has 0 saturated carbocycles. The molecule has 5 nitrogen and oxygen atoms in total. The molecule has 0 bridgehead atoms. The minimum Gasteiger partial charge on any atom is -0.393 e. The number of hydrogen-bond donors (Lipinski definition) is 3. The average molecular weight is 336 g/mol. The van der Waals surface area contributed by atoms with Crippen LogP contribution >= 0.6 is 11.6 Å². The molecule has 0 aliphatic rings. The summed E-state index contributed by atoms with van der Waals surface area (Å²) in [6.07, 6.45) is 1.97. The van der Waals surface area contributed by atoms with Crippen LogP contribution in [-0.2, 0) is 0 Å². The van der Waals surface area contributed by atoms with Crippen molar-refractivity contribution in [2.24, 2.45) is 5.92 Å². The Morgan fingerprint density at radius 3 is 2.87 bits per heavy atom. The number of halogens is 1. The number of nitrogens with one attached hydrogen (secondary N) is 2. The zero-order chi connectivity index (χ0) is 17.0. The van der Waals surface area contributed by atoms with Crippen molar-refractivity contribution in [1.29, 1.82) is 0 Å². The number of carbonyl (C=O) groups excluding carboxylic acids is 1. The number of carbonyl (C=O) groups is 1. The number of hydrogen-bond acceptors (Lipinski definition) is 3. The van der Waals surface area contributed by atoms with Crippen molar-refractivity contribution in [2.45, 2.75) is 33.3 Å². The molecule has 0 aliphatic carbocycles. The van der Waals surface area contributed by atoms with Crippen LogP contribution in [0.4, 0.5) is 10.5 Å². The van der Waals surface area contributed by atoms with E-state index in [2.05, 4.69) is 15.6 Å². The number of aliphatic hydroxyl groups excluding tert-OH is 1. The van der Waals surface area contributed by atoms with Gasteiger partial charge in [0.15, 0.2) is 0 Å². The highest BCUT2D eigenvalue weighted by molar-refractivity contribution is 6.35. The zero-order valence-corrected chi connectivity index (χ0v) is 14.3. The number of nitrogens with zero attached hydrogens (tertiary/aromatic N) is 1. The van der Waals surface area contributed by atoms with Crippen LogP contribution < -0.4 is 10.6 Å². The molecule has 124 valence electrons. The maximum absolute atomic E-state index is 12.1. The molecule has 0 saturated heterocycles. The Hall–Kier alpha value is -1.85. The quantitative estimate of drug-likeness (QED) is 0.779. The fraction of sp³-hybridized carbons (Fsp3) is 0.412. The number of aromatic nitrogens is 1. The van der Waals surface area contributed by atoms with Crippen LogP contribution in [0.3, 0.4) is 0 Å². The lowest BCUT2D eigenvalue weighted by Crippen LogP contribution is -2.33. The average Bonchev–Trinajstić information content (AvgIpc) is 2.49. The van der Waals surface area contributed by atoms with E-state index in [1.165, 1.54) is 0 Å². The molecular formula is C17H22ClN3O2. The second-order valence-electron chi connectivity index (χ2n) is 5.97. The Bertz CT molecular complexity index is 704. The summed E-state index contributed by atoms with van der Waals surface area (Å²) in [5, 5.41) is 16.2. The Balaban J connectivity index is 2.11. The molecule has 0 spiro atoms. The first-order valence-electron chi connectivity index (χ1n) is 7.65. The Kier molecular flexibility index (Phi) is 5.80. The van der Waals surface area contributed by atoms with Gasteiger partial charge in [0.1, 0.15) is 0 Å².